The Morgan fingerprint density at radius 3 is 1.85 bits per heavy atom. The fraction of sp³-hybridized carbons (Fsp3) is 0.400. The zero-order valence-corrected chi connectivity index (χ0v) is 13.2. The van der Waals surface area contributed by atoms with Crippen molar-refractivity contribution in [1.29, 1.82) is 0 Å². The lowest BCUT2D eigenvalue weighted by molar-refractivity contribution is 0.659. The van der Waals surface area contributed by atoms with Gasteiger partial charge in [0.1, 0.15) is 0 Å². The van der Waals surface area contributed by atoms with Crippen molar-refractivity contribution < 1.29 is 0 Å². The van der Waals surface area contributed by atoms with Crippen LogP contribution >= 0.6 is 0 Å². The third-order valence-corrected chi connectivity index (χ3v) is 4.17. The summed E-state index contributed by atoms with van der Waals surface area (Å²) in [5.74, 6) is 1.24. The standard InChI is InChI=1S/C20H26/c1-5-18(14-17-8-6-16(4)7-9-17)20-12-10-19(11-13-20)15(2)3/h6-13,15,18H,5,14H2,1-4H3. The highest BCUT2D eigenvalue weighted by Gasteiger charge is 2.10. The molecule has 2 aromatic rings. The van der Waals surface area contributed by atoms with E-state index >= 15 is 0 Å². The van der Waals surface area contributed by atoms with Crippen molar-refractivity contribution in [3.63, 3.8) is 0 Å². The summed E-state index contributed by atoms with van der Waals surface area (Å²) < 4.78 is 0. The Morgan fingerprint density at radius 2 is 1.35 bits per heavy atom. The molecule has 0 aliphatic carbocycles. The van der Waals surface area contributed by atoms with Gasteiger partial charge in [0.15, 0.2) is 0 Å². The second kappa shape index (κ2) is 6.74. The molecular formula is C20H26. The van der Waals surface area contributed by atoms with Crippen LogP contribution in [0.25, 0.3) is 0 Å². The second-order valence-corrected chi connectivity index (χ2v) is 6.12. The van der Waals surface area contributed by atoms with Gasteiger partial charge in [-0.2, -0.15) is 0 Å². The predicted octanol–water partition coefficient (Wildman–Crippen LogP) is 5.85. The van der Waals surface area contributed by atoms with Crippen LogP contribution in [0.4, 0.5) is 0 Å². The van der Waals surface area contributed by atoms with Gasteiger partial charge in [-0.05, 0) is 48.3 Å². The number of benzene rings is 2. The monoisotopic (exact) mass is 266 g/mol. The molecule has 0 heteroatoms. The van der Waals surface area contributed by atoms with Crippen molar-refractivity contribution in [3.05, 3.63) is 70.8 Å². The van der Waals surface area contributed by atoms with Crippen LogP contribution in [0.15, 0.2) is 48.5 Å². The van der Waals surface area contributed by atoms with Crippen LogP contribution in [0, 0.1) is 6.92 Å². The third kappa shape index (κ3) is 3.72. The minimum absolute atomic E-state index is 0.612. The van der Waals surface area contributed by atoms with E-state index in [0.29, 0.717) is 11.8 Å². The van der Waals surface area contributed by atoms with Crippen LogP contribution < -0.4 is 0 Å². The van der Waals surface area contributed by atoms with Crippen LogP contribution in [-0.2, 0) is 6.42 Å². The van der Waals surface area contributed by atoms with E-state index in [-0.39, 0.29) is 0 Å². The van der Waals surface area contributed by atoms with Crippen LogP contribution in [0.2, 0.25) is 0 Å². The fourth-order valence-electron chi connectivity index (χ4n) is 2.66. The Labute approximate surface area is 123 Å². The summed E-state index contributed by atoms with van der Waals surface area (Å²) in [6.45, 7) is 8.93. The quantitative estimate of drug-likeness (QED) is 0.636. The van der Waals surface area contributed by atoms with E-state index in [1.165, 1.54) is 28.7 Å². The van der Waals surface area contributed by atoms with Crippen molar-refractivity contribution in [2.45, 2.75) is 52.4 Å². The molecule has 1 atom stereocenters. The van der Waals surface area contributed by atoms with E-state index in [9.17, 15) is 0 Å². The smallest absolute Gasteiger partial charge is 0.0124 e. The molecule has 0 saturated heterocycles. The highest BCUT2D eigenvalue weighted by Crippen LogP contribution is 2.26. The molecule has 0 fully saturated rings. The highest BCUT2D eigenvalue weighted by molar-refractivity contribution is 5.29. The number of hydrogen-bond acceptors (Lipinski definition) is 0. The van der Waals surface area contributed by atoms with E-state index in [0.717, 1.165) is 6.42 Å². The van der Waals surface area contributed by atoms with Gasteiger partial charge in [0.05, 0.1) is 0 Å². The average Bonchev–Trinajstić information content (AvgIpc) is 2.47. The van der Waals surface area contributed by atoms with Gasteiger partial charge in [-0.15, -0.1) is 0 Å². The largest absolute Gasteiger partial charge is 0.0648 e. The SMILES string of the molecule is CCC(Cc1ccc(C)cc1)c1ccc(C(C)C)cc1. The van der Waals surface area contributed by atoms with Crippen LogP contribution in [0.1, 0.15) is 61.3 Å². The van der Waals surface area contributed by atoms with Gasteiger partial charge >= 0.3 is 0 Å². The van der Waals surface area contributed by atoms with E-state index in [2.05, 4.69) is 76.2 Å². The molecule has 0 bridgehead atoms. The number of rotatable bonds is 5. The minimum Gasteiger partial charge on any atom is -0.0648 e. The first-order valence-electron chi connectivity index (χ1n) is 7.75. The maximum atomic E-state index is 2.32. The lowest BCUT2D eigenvalue weighted by Crippen LogP contribution is -2.02. The zero-order chi connectivity index (χ0) is 14.5. The first-order chi connectivity index (χ1) is 9.60. The van der Waals surface area contributed by atoms with Gasteiger partial charge in [-0.25, -0.2) is 0 Å². The van der Waals surface area contributed by atoms with Crippen LogP contribution in [0.5, 0.6) is 0 Å². The summed E-state index contributed by atoms with van der Waals surface area (Å²) in [4.78, 5) is 0. The highest BCUT2D eigenvalue weighted by atomic mass is 14.2. The molecule has 0 aliphatic rings. The van der Waals surface area contributed by atoms with Gasteiger partial charge in [0.2, 0.25) is 0 Å². The predicted molar refractivity (Wildman–Crippen MR) is 88.4 cm³/mol. The molecule has 0 saturated carbocycles. The number of aryl methyl sites for hydroxylation is 1. The lowest BCUT2D eigenvalue weighted by Gasteiger charge is -2.17. The molecule has 0 radical (unpaired) electrons. The van der Waals surface area contributed by atoms with Crippen LogP contribution in [0.3, 0.4) is 0 Å². The summed E-state index contributed by atoms with van der Waals surface area (Å²) >= 11 is 0. The van der Waals surface area contributed by atoms with Crippen LogP contribution in [-0.4, -0.2) is 0 Å². The summed E-state index contributed by atoms with van der Waals surface area (Å²) in [5, 5.41) is 0. The van der Waals surface area contributed by atoms with Gasteiger partial charge in [0.25, 0.3) is 0 Å². The zero-order valence-electron chi connectivity index (χ0n) is 13.2. The van der Waals surface area contributed by atoms with Gasteiger partial charge in [0, 0.05) is 0 Å². The normalized spacial score (nSPS) is 12.7. The molecule has 1 unspecified atom stereocenters. The minimum atomic E-state index is 0.612. The summed E-state index contributed by atoms with van der Waals surface area (Å²) in [7, 11) is 0. The first kappa shape index (κ1) is 14.8. The maximum absolute atomic E-state index is 2.32. The Balaban J connectivity index is 2.13. The molecule has 0 aliphatic heterocycles. The van der Waals surface area contributed by atoms with E-state index in [1.807, 2.05) is 0 Å². The topological polar surface area (TPSA) is 0 Å². The molecule has 2 rings (SSSR count). The van der Waals surface area contributed by atoms with Crippen molar-refractivity contribution >= 4 is 0 Å². The van der Waals surface area contributed by atoms with E-state index < -0.39 is 0 Å². The van der Waals surface area contributed by atoms with Crippen molar-refractivity contribution in [1.82, 2.24) is 0 Å². The molecule has 0 N–H and O–H groups in total. The third-order valence-electron chi connectivity index (χ3n) is 4.17. The Bertz CT molecular complexity index is 517. The van der Waals surface area contributed by atoms with Gasteiger partial charge in [-0.3, -0.25) is 0 Å². The van der Waals surface area contributed by atoms with Crippen molar-refractivity contribution in [3.8, 4) is 0 Å². The molecule has 2 aromatic carbocycles. The molecule has 20 heavy (non-hydrogen) atoms. The molecule has 0 heterocycles. The molecule has 0 nitrogen and oxygen atoms in total. The van der Waals surface area contributed by atoms with E-state index in [1.54, 1.807) is 0 Å². The van der Waals surface area contributed by atoms with Crippen molar-refractivity contribution in [2.24, 2.45) is 0 Å². The Morgan fingerprint density at radius 1 is 0.800 bits per heavy atom. The van der Waals surface area contributed by atoms with E-state index in [4.69, 9.17) is 0 Å². The second-order valence-electron chi connectivity index (χ2n) is 6.12. The summed E-state index contributed by atoms with van der Waals surface area (Å²) in [6.07, 6.45) is 2.33. The Kier molecular flexibility index (Phi) is 5.00. The molecule has 106 valence electrons. The number of hydrogen-bond donors (Lipinski definition) is 0. The molecule has 0 spiro atoms. The van der Waals surface area contributed by atoms with Gasteiger partial charge in [-0.1, -0.05) is 74.9 Å². The molecule has 0 aromatic heterocycles. The first-order valence-corrected chi connectivity index (χ1v) is 7.75. The molecular weight excluding hydrogens is 240 g/mol. The Hall–Kier alpha value is -1.56. The summed E-state index contributed by atoms with van der Waals surface area (Å²) in [5.41, 5.74) is 5.68. The molecule has 0 amide bonds. The van der Waals surface area contributed by atoms with Gasteiger partial charge < -0.3 is 0 Å². The lowest BCUT2D eigenvalue weighted by atomic mass is 9.88. The average molecular weight is 266 g/mol. The van der Waals surface area contributed by atoms with Crippen molar-refractivity contribution in [2.75, 3.05) is 0 Å². The summed E-state index contributed by atoms with van der Waals surface area (Å²) in [6, 6.07) is 18.2. The maximum Gasteiger partial charge on any atom is -0.0124 e. The fourth-order valence-corrected chi connectivity index (χ4v) is 2.66.